The fourth-order valence-corrected chi connectivity index (χ4v) is 5.63. The second-order valence-electron chi connectivity index (χ2n) is 7.26. The highest BCUT2D eigenvalue weighted by molar-refractivity contribution is 8.01. The molecule has 1 fully saturated rings. The first-order valence-corrected chi connectivity index (χ1v) is 11.7. The lowest BCUT2D eigenvalue weighted by Crippen LogP contribution is -2.19. The molecule has 2 N–H and O–H groups in total. The summed E-state index contributed by atoms with van der Waals surface area (Å²) in [6.45, 7) is 4.74. The number of amides is 1. The Morgan fingerprint density at radius 2 is 2.23 bits per heavy atom. The molecule has 2 aliphatic heterocycles. The summed E-state index contributed by atoms with van der Waals surface area (Å²) in [6, 6.07) is 7.79. The van der Waals surface area contributed by atoms with Gasteiger partial charge in [-0.3, -0.25) is 15.1 Å². The predicted molar refractivity (Wildman–Crippen MR) is 121 cm³/mol. The molecule has 3 aromatic rings. The zero-order valence-electron chi connectivity index (χ0n) is 16.9. The molecule has 5 rings (SSSR count). The van der Waals surface area contributed by atoms with Crippen molar-refractivity contribution in [3.05, 3.63) is 41.7 Å². The van der Waals surface area contributed by atoms with Crippen LogP contribution in [-0.4, -0.2) is 52.7 Å². The van der Waals surface area contributed by atoms with E-state index >= 15 is 0 Å². The molecule has 0 aliphatic carbocycles. The topological polar surface area (TPSA) is 98.3 Å². The fraction of sp³-hybridized carbons (Fsp3) is 0.333. The molecule has 4 heterocycles. The quantitative estimate of drug-likeness (QED) is 0.560. The van der Waals surface area contributed by atoms with E-state index in [9.17, 15) is 4.79 Å². The number of aryl methyl sites for hydroxylation is 1. The van der Waals surface area contributed by atoms with Crippen LogP contribution in [0.1, 0.15) is 22.5 Å². The van der Waals surface area contributed by atoms with Gasteiger partial charge in [-0.05, 0) is 25.5 Å². The highest BCUT2D eigenvalue weighted by Crippen LogP contribution is 2.40. The number of benzene rings is 1. The first kappa shape index (κ1) is 20.2. The number of nitrogens with one attached hydrogen (secondary N) is 2. The first-order valence-electron chi connectivity index (χ1n) is 10.0. The van der Waals surface area contributed by atoms with Crippen LogP contribution >= 0.6 is 23.1 Å². The molecule has 1 aromatic carbocycles. The molecule has 10 heteroatoms. The van der Waals surface area contributed by atoms with Crippen molar-refractivity contribution in [2.45, 2.75) is 22.9 Å². The molecule has 2 aliphatic rings. The maximum Gasteiger partial charge on any atom is 0.259 e. The van der Waals surface area contributed by atoms with E-state index in [0.29, 0.717) is 22.6 Å². The van der Waals surface area contributed by atoms with Crippen molar-refractivity contribution in [2.24, 2.45) is 0 Å². The van der Waals surface area contributed by atoms with Gasteiger partial charge in [-0.25, -0.2) is 0 Å². The van der Waals surface area contributed by atoms with Gasteiger partial charge >= 0.3 is 0 Å². The van der Waals surface area contributed by atoms with Crippen molar-refractivity contribution in [3.8, 4) is 16.9 Å². The van der Waals surface area contributed by atoms with Gasteiger partial charge in [0.15, 0.2) is 4.34 Å². The van der Waals surface area contributed by atoms with Crippen LogP contribution in [0, 0.1) is 6.92 Å². The predicted octanol–water partition coefficient (Wildman–Crippen LogP) is 3.85. The van der Waals surface area contributed by atoms with E-state index in [1.165, 1.54) is 11.3 Å². The summed E-state index contributed by atoms with van der Waals surface area (Å²) in [4.78, 5) is 17.5. The molecule has 0 bridgehead atoms. The van der Waals surface area contributed by atoms with Crippen LogP contribution in [0.5, 0.6) is 5.75 Å². The summed E-state index contributed by atoms with van der Waals surface area (Å²) in [7, 11) is 0. The highest BCUT2D eigenvalue weighted by atomic mass is 32.2. The average molecular weight is 456 g/mol. The molecule has 0 radical (unpaired) electrons. The van der Waals surface area contributed by atoms with Gasteiger partial charge in [0, 0.05) is 41.4 Å². The van der Waals surface area contributed by atoms with Crippen LogP contribution in [0.3, 0.4) is 0 Å². The lowest BCUT2D eigenvalue weighted by atomic mass is 9.98. The molecule has 8 nitrogen and oxygen atoms in total. The van der Waals surface area contributed by atoms with Gasteiger partial charge in [-0.1, -0.05) is 35.2 Å². The lowest BCUT2D eigenvalue weighted by molar-refractivity contribution is 0.102. The van der Waals surface area contributed by atoms with Crippen molar-refractivity contribution in [1.29, 1.82) is 0 Å². The molecular formula is C21H21N5O3S2. The van der Waals surface area contributed by atoms with Gasteiger partial charge in [0.25, 0.3) is 5.91 Å². The average Bonchev–Trinajstić information content (AvgIpc) is 3.45. The van der Waals surface area contributed by atoms with Gasteiger partial charge in [-0.2, -0.15) is 0 Å². The van der Waals surface area contributed by atoms with Crippen LogP contribution in [0.4, 0.5) is 10.8 Å². The third-order valence-electron chi connectivity index (χ3n) is 5.04. The monoisotopic (exact) mass is 455 g/mol. The van der Waals surface area contributed by atoms with Crippen molar-refractivity contribution < 1.29 is 14.3 Å². The van der Waals surface area contributed by atoms with Crippen LogP contribution < -0.4 is 15.4 Å². The Hall–Kier alpha value is -2.69. The molecule has 1 unspecified atom stereocenters. The van der Waals surface area contributed by atoms with Gasteiger partial charge in [0.2, 0.25) is 5.13 Å². The molecule has 31 heavy (non-hydrogen) atoms. The number of pyridine rings is 1. The van der Waals surface area contributed by atoms with Crippen molar-refractivity contribution in [2.75, 3.05) is 37.0 Å². The number of carbonyl (C=O) groups is 1. The molecule has 1 amide bonds. The Balaban J connectivity index is 1.41. The maximum absolute atomic E-state index is 13.1. The number of nitrogens with zero attached hydrogens (tertiary/aromatic N) is 3. The standard InChI is InChI=1S/C21H21N5O3S2/c1-12-9-15(14-3-2-4-17-18(14)29-8-6-22-17)16(10-23-12)19(27)24-20-25-26-21(31-20)30-13-5-7-28-11-13/h2-4,9-10,13,22H,5-8,11H2,1H3,(H,24,25,27). The van der Waals surface area contributed by atoms with Gasteiger partial charge < -0.3 is 14.8 Å². The van der Waals surface area contributed by atoms with E-state index in [-0.39, 0.29) is 5.91 Å². The summed E-state index contributed by atoms with van der Waals surface area (Å²) in [5.41, 5.74) is 3.83. The normalized spacial score (nSPS) is 17.5. The second kappa shape index (κ2) is 8.81. The summed E-state index contributed by atoms with van der Waals surface area (Å²) in [5, 5.41) is 15.4. The third-order valence-corrected chi connectivity index (χ3v) is 7.20. The summed E-state index contributed by atoms with van der Waals surface area (Å²) >= 11 is 3.01. The number of fused-ring (bicyclic) bond motifs is 1. The number of hydrogen-bond donors (Lipinski definition) is 2. The zero-order chi connectivity index (χ0) is 21.2. The first-order chi connectivity index (χ1) is 15.2. The van der Waals surface area contributed by atoms with Crippen LogP contribution in [-0.2, 0) is 4.74 Å². The molecule has 2 aromatic heterocycles. The van der Waals surface area contributed by atoms with E-state index in [2.05, 4.69) is 25.8 Å². The SMILES string of the molecule is Cc1cc(-c2cccc3c2OCCN3)c(C(=O)Nc2nnc(SC3CCOC3)s2)cn1. The Labute approximate surface area is 187 Å². The van der Waals surface area contributed by atoms with Crippen LogP contribution in [0.2, 0.25) is 0 Å². The molecule has 1 atom stereocenters. The van der Waals surface area contributed by atoms with Crippen molar-refractivity contribution in [1.82, 2.24) is 15.2 Å². The Morgan fingerprint density at radius 3 is 3.10 bits per heavy atom. The summed E-state index contributed by atoms with van der Waals surface area (Å²) < 4.78 is 12.2. The Morgan fingerprint density at radius 1 is 1.29 bits per heavy atom. The van der Waals surface area contributed by atoms with E-state index in [1.54, 1.807) is 18.0 Å². The van der Waals surface area contributed by atoms with E-state index in [0.717, 1.165) is 58.8 Å². The van der Waals surface area contributed by atoms with Gasteiger partial charge in [0.05, 0.1) is 17.9 Å². The number of para-hydroxylation sites is 1. The summed E-state index contributed by atoms with van der Waals surface area (Å²) in [6.07, 6.45) is 2.60. The van der Waals surface area contributed by atoms with E-state index in [1.807, 2.05) is 31.2 Å². The van der Waals surface area contributed by atoms with Gasteiger partial charge in [0.1, 0.15) is 12.4 Å². The second-order valence-corrected chi connectivity index (χ2v) is 9.78. The van der Waals surface area contributed by atoms with Gasteiger partial charge in [-0.15, -0.1) is 10.2 Å². The van der Waals surface area contributed by atoms with Crippen molar-refractivity contribution >= 4 is 39.8 Å². The van der Waals surface area contributed by atoms with Crippen LogP contribution in [0.15, 0.2) is 34.8 Å². The molecular weight excluding hydrogens is 434 g/mol. The molecule has 0 saturated carbocycles. The minimum absolute atomic E-state index is 0.277. The Bertz CT molecular complexity index is 1110. The molecule has 160 valence electrons. The number of aromatic nitrogens is 3. The zero-order valence-corrected chi connectivity index (χ0v) is 18.5. The largest absolute Gasteiger partial charge is 0.489 e. The lowest BCUT2D eigenvalue weighted by Gasteiger charge is -2.22. The summed E-state index contributed by atoms with van der Waals surface area (Å²) in [5.74, 6) is 0.475. The van der Waals surface area contributed by atoms with E-state index < -0.39 is 0 Å². The molecule has 0 spiro atoms. The third kappa shape index (κ3) is 4.36. The van der Waals surface area contributed by atoms with Crippen molar-refractivity contribution in [3.63, 3.8) is 0 Å². The number of hydrogen-bond acceptors (Lipinski definition) is 9. The number of anilines is 2. The number of rotatable bonds is 5. The maximum atomic E-state index is 13.1. The van der Waals surface area contributed by atoms with E-state index in [4.69, 9.17) is 9.47 Å². The highest BCUT2D eigenvalue weighted by Gasteiger charge is 2.23. The minimum atomic E-state index is -0.277. The van der Waals surface area contributed by atoms with Crippen LogP contribution in [0.25, 0.3) is 11.1 Å². The Kier molecular flexibility index (Phi) is 5.75. The molecule has 1 saturated heterocycles. The fourth-order valence-electron chi connectivity index (χ4n) is 3.57. The number of ether oxygens (including phenoxy) is 2. The number of thioether (sulfide) groups is 1. The number of carbonyl (C=O) groups excluding carboxylic acids is 1. The smallest absolute Gasteiger partial charge is 0.259 e. The minimum Gasteiger partial charge on any atom is -0.489 e.